The topological polar surface area (TPSA) is 71.0 Å². The molecule has 1 saturated heterocycles. The average molecular weight is 399 g/mol. The lowest BCUT2D eigenvalue weighted by Gasteiger charge is -2.24. The van der Waals surface area contributed by atoms with Gasteiger partial charge in [0.2, 0.25) is 5.91 Å². The Balaban J connectivity index is 1.37. The van der Waals surface area contributed by atoms with Gasteiger partial charge in [-0.15, -0.1) is 0 Å². The molecule has 1 aliphatic rings. The minimum atomic E-state index is -0.735. The molecule has 2 unspecified atom stereocenters. The summed E-state index contributed by atoms with van der Waals surface area (Å²) in [5.41, 5.74) is 2.21. The number of hydrogen-bond donors (Lipinski definition) is 2. The maximum Gasteiger partial charge on any atom is 0.237 e. The SMILES string of the molecule is COc1ccc(COCC(O)CNC(=O)C2CCCN2Cc2ccccc2)cc1. The van der Waals surface area contributed by atoms with Crippen LogP contribution in [0.4, 0.5) is 0 Å². The van der Waals surface area contributed by atoms with Crippen molar-refractivity contribution < 1.29 is 19.4 Å². The molecule has 1 heterocycles. The van der Waals surface area contributed by atoms with Gasteiger partial charge in [-0.25, -0.2) is 0 Å². The Morgan fingerprint density at radius 3 is 2.66 bits per heavy atom. The van der Waals surface area contributed by atoms with Crippen LogP contribution in [0.1, 0.15) is 24.0 Å². The van der Waals surface area contributed by atoms with Crippen molar-refractivity contribution >= 4 is 5.91 Å². The molecule has 0 aromatic heterocycles. The maximum atomic E-state index is 12.6. The molecule has 156 valence electrons. The number of nitrogens with zero attached hydrogens (tertiary/aromatic N) is 1. The molecular formula is C23H30N2O4. The lowest BCUT2D eigenvalue weighted by molar-refractivity contribution is -0.126. The molecule has 0 aliphatic carbocycles. The van der Waals surface area contributed by atoms with E-state index in [4.69, 9.17) is 9.47 Å². The number of aliphatic hydroxyl groups is 1. The maximum absolute atomic E-state index is 12.6. The number of carbonyl (C=O) groups excluding carboxylic acids is 1. The minimum absolute atomic E-state index is 0.0207. The number of likely N-dealkylation sites (tertiary alicyclic amines) is 1. The Morgan fingerprint density at radius 1 is 1.17 bits per heavy atom. The highest BCUT2D eigenvalue weighted by atomic mass is 16.5. The minimum Gasteiger partial charge on any atom is -0.497 e. The van der Waals surface area contributed by atoms with Crippen molar-refractivity contribution in [2.75, 3.05) is 26.8 Å². The van der Waals surface area contributed by atoms with Gasteiger partial charge in [0.05, 0.1) is 32.5 Å². The molecule has 29 heavy (non-hydrogen) atoms. The molecule has 2 aromatic carbocycles. The molecule has 1 amide bonds. The van der Waals surface area contributed by atoms with Gasteiger partial charge in [-0.3, -0.25) is 9.69 Å². The number of aliphatic hydroxyl groups excluding tert-OH is 1. The number of ether oxygens (including phenoxy) is 2. The van der Waals surface area contributed by atoms with Gasteiger partial charge in [0.1, 0.15) is 5.75 Å². The summed E-state index contributed by atoms with van der Waals surface area (Å²) < 4.78 is 10.7. The molecule has 2 N–H and O–H groups in total. The van der Waals surface area contributed by atoms with E-state index in [1.807, 2.05) is 42.5 Å². The summed E-state index contributed by atoms with van der Waals surface area (Å²) in [6.07, 6.45) is 1.13. The van der Waals surface area contributed by atoms with E-state index in [1.165, 1.54) is 5.56 Å². The fourth-order valence-electron chi connectivity index (χ4n) is 3.56. The van der Waals surface area contributed by atoms with Gasteiger partial charge < -0.3 is 19.9 Å². The monoisotopic (exact) mass is 398 g/mol. The Morgan fingerprint density at radius 2 is 1.93 bits per heavy atom. The van der Waals surface area contributed by atoms with Gasteiger partial charge in [-0.05, 0) is 42.6 Å². The smallest absolute Gasteiger partial charge is 0.237 e. The Hall–Kier alpha value is -2.41. The fraction of sp³-hybridized carbons (Fsp3) is 0.435. The predicted octanol–water partition coefficient (Wildman–Crippen LogP) is 2.35. The van der Waals surface area contributed by atoms with Crippen LogP contribution in [-0.4, -0.2) is 54.9 Å². The Kier molecular flexibility index (Phi) is 8.04. The third-order valence-corrected chi connectivity index (χ3v) is 5.14. The van der Waals surface area contributed by atoms with Crippen LogP contribution >= 0.6 is 0 Å². The van der Waals surface area contributed by atoms with Crippen molar-refractivity contribution in [3.63, 3.8) is 0 Å². The molecule has 1 fully saturated rings. The third kappa shape index (κ3) is 6.56. The molecule has 0 radical (unpaired) electrons. The summed E-state index contributed by atoms with van der Waals surface area (Å²) >= 11 is 0. The van der Waals surface area contributed by atoms with Gasteiger partial charge in [-0.1, -0.05) is 42.5 Å². The molecule has 3 rings (SSSR count). The number of hydrogen-bond acceptors (Lipinski definition) is 5. The van der Waals surface area contributed by atoms with E-state index in [1.54, 1.807) is 7.11 Å². The molecule has 0 bridgehead atoms. The standard InChI is InChI=1S/C23H30N2O4/c1-28-21-11-9-19(10-12-21)16-29-17-20(26)14-24-23(27)22-8-5-13-25(22)15-18-6-3-2-4-7-18/h2-4,6-7,9-12,20,22,26H,5,8,13-17H2,1H3,(H,24,27). The number of methoxy groups -OCH3 is 1. The van der Waals surface area contributed by atoms with Crippen LogP contribution in [0, 0.1) is 0 Å². The zero-order chi connectivity index (χ0) is 20.5. The zero-order valence-electron chi connectivity index (χ0n) is 16.9. The number of nitrogens with one attached hydrogen (secondary N) is 1. The highest BCUT2D eigenvalue weighted by Gasteiger charge is 2.30. The van der Waals surface area contributed by atoms with Crippen LogP contribution in [0.25, 0.3) is 0 Å². The van der Waals surface area contributed by atoms with Crippen LogP contribution in [0.3, 0.4) is 0 Å². The van der Waals surface area contributed by atoms with Crippen molar-refractivity contribution in [3.05, 3.63) is 65.7 Å². The van der Waals surface area contributed by atoms with Crippen LogP contribution in [0.5, 0.6) is 5.75 Å². The van der Waals surface area contributed by atoms with E-state index >= 15 is 0 Å². The molecular weight excluding hydrogens is 368 g/mol. The fourth-order valence-corrected chi connectivity index (χ4v) is 3.56. The first-order valence-electron chi connectivity index (χ1n) is 10.1. The molecule has 0 spiro atoms. The molecule has 6 nitrogen and oxygen atoms in total. The second kappa shape index (κ2) is 11.0. The van der Waals surface area contributed by atoms with Crippen molar-refractivity contribution in [3.8, 4) is 5.75 Å². The van der Waals surface area contributed by atoms with E-state index < -0.39 is 6.10 Å². The van der Waals surface area contributed by atoms with Gasteiger partial charge in [-0.2, -0.15) is 0 Å². The normalized spacial score (nSPS) is 17.8. The highest BCUT2D eigenvalue weighted by Crippen LogP contribution is 2.20. The molecule has 6 heteroatoms. The quantitative estimate of drug-likeness (QED) is 0.643. The largest absolute Gasteiger partial charge is 0.497 e. The first-order chi connectivity index (χ1) is 14.2. The van der Waals surface area contributed by atoms with Gasteiger partial charge in [0.25, 0.3) is 0 Å². The highest BCUT2D eigenvalue weighted by molar-refractivity contribution is 5.82. The lowest BCUT2D eigenvalue weighted by atomic mass is 10.1. The number of carbonyl (C=O) groups is 1. The van der Waals surface area contributed by atoms with Crippen molar-refractivity contribution in [2.24, 2.45) is 0 Å². The van der Waals surface area contributed by atoms with E-state index in [0.29, 0.717) is 6.61 Å². The molecule has 1 aliphatic heterocycles. The van der Waals surface area contributed by atoms with Crippen LogP contribution in [0.15, 0.2) is 54.6 Å². The summed E-state index contributed by atoms with van der Waals surface area (Å²) in [7, 11) is 1.63. The number of amides is 1. The third-order valence-electron chi connectivity index (χ3n) is 5.14. The first-order valence-corrected chi connectivity index (χ1v) is 10.1. The van der Waals surface area contributed by atoms with Crippen LogP contribution < -0.4 is 10.1 Å². The second-order valence-corrected chi connectivity index (χ2v) is 7.38. The van der Waals surface area contributed by atoms with Crippen LogP contribution in [-0.2, 0) is 22.7 Å². The van der Waals surface area contributed by atoms with Gasteiger partial charge in [0.15, 0.2) is 0 Å². The number of benzene rings is 2. The van der Waals surface area contributed by atoms with E-state index in [0.717, 1.165) is 37.2 Å². The Bertz CT molecular complexity index is 751. The van der Waals surface area contributed by atoms with Gasteiger partial charge in [0, 0.05) is 13.1 Å². The number of rotatable bonds is 10. The molecule has 2 aromatic rings. The van der Waals surface area contributed by atoms with Crippen LogP contribution in [0.2, 0.25) is 0 Å². The lowest BCUT2D eigenvalue weighted by Crippen LogP contribution is -2.45. The summed E-state index contributed by atoms with van der Waals surface area (Å²) in [4.78, 5) is 14.8. The molecule has 2 atom stereocenters. The molecule has 0 saturated carbocycles. The van der Waals surface area contributed by atoms with E-state index in [2.05, 4.69) is 22.3 Å². The first kappa shape index (κ1) is 21.3. The zero-order valence-corrected chi connectivity index (χ0v) is 16.9. The predicted molar refractivity (Wildman–Crippen MR) is 112 cm³/mol. The van der Waals surface area contributed by atoms with E-state index in [9.17, 15) is 9.90 Å². The van der Waals surface area contributed by atoms with E-state index in [-0.39, 0.29) is 25.1 Å². The Labute approximate surface area is 172 Å². The van der Waals surface area contributed by atoms with Crippen molar-refractivity contribution in [2.45, 2.75) is 38.1 Å². The average Bonchev–Trinajstić information content (AvgIpc) is 3.21. The summed E-state index contributed by atoms with van der Waals surface area (Å²) in [6.45, 7) is 2.46. The summed E-state index contributed by atoms with van der Waals surface area (Å²) in [5, 5.41) is 13.0. The van der Waals surface area contributed by atoms with Crippen molar-refractivity contribution in [1.29, 1.82) is 0 Å². The van der Waals surface area contributed by atoms with Crippen molar-refractivity contribution in [1.82, 2.24) is 10.2 Å². The van der Waals surface area contributed by atoms with Gasteiger partial charge >= 0.3 is 0 Å². The summed E-state index contributed by atoms with van der Waals surface area (Å²) in [5.74, 6) is 0.775. The second-order valence-electron chi connectivity index (χ2n) is 7.38. The summed E-state index contributed by atoms with van der Waals surface area (Å²) in [6, 6.07) is 17.7.